The topological polar surface area (TPSA) is 140 Å². The zero-order valence-electron chi connectivity index (χ0n) is 22.8. The highest BCUT2D eigenvalue weighted by Crippen LogP contribution is 2.14. The maximum Gasteiger partial charge on any atom is 0.500 e. The van der Waals surface area contributed by atoms with Crippen LogP contribution in [0.15, 0.2) is 0 Å². The molecule has 11 nitrogen and oxygen atoms in total. The van der Waals surface area contributed by atoms with Gasteiger partial charge < -0.3 is 43.9 Å². The molecule has 36 heavy (non-hydrogen) atoms. The standard InChI is InChI=1S/C24H51N3O8Si/c1-30-36(31-2,32-3)22-10-15-27-24(29)12-7-5-4-6-11-23(28)26-14-9-17-34-19-21-35-20-18-33-16-8-13-25/h4-22,25H2,1-3H3,(H,26,28)(H,27,29). The molecule has 214 valence electrons. The highest BCUT2D eigenvalue weighted by atomic mass is 28.4. The fraction of sp³-hybridized carbons (Fsp3) is 0.917. The van der Waals surface area contributed by atoms with Crippen molar-refractivity contribution in [3.05, 3.63) is 0 Å². The average Bonchev–Trinajstić information content (AvgIpc) is 2.89. The van der Waals surface area contributed by atoms with Gasteiger partial charge in [0.2, 0.25) is 11.8 Å². The maximum atomic E-state index is 11.9. The maximum absolute atomic E-state index is 11.9. The van der Waals surface area contributed by atoms with E-state index in [0.29, 0.717) is 78.2 Å². The van der Waals surface area contributed by atoms with E-state index >= 15 is 0 Å². The van der Waals surface area contributed by atoms with Gasteiger partial charge in [-0.05, 0) is 38.6 Å². The molecule has 4 N–H and O–H groups in total. The molecule has 0 spiro atoms. The first-order valence-electron chi connectivity index (χ1n) is 13.2. The fourth-order valence-corrected chi connectivity index (χ4v) is 5.04. The van der Waals surface area contributed by atoms with E-state index in [2.05, 4.69) is 10.6 Å². The van der Waals surface area contributed by atoms with Crippen molar-refractivity contribution >= 4 is 20.6 Å². The van der Waals surface area contributed by atoms with Gasteiger partial charge in [0.15, 0.2) is 0 Å². The number of nitrogens with one attached hydrogen (secondary N) is 2. The normalized spacial score (nSPS) is 11.6. The summed E-state index contributed by atoms with van der Waals surface area (Å²) >= 11 is 0. The van der Waals surface area contributed by atoms with Crippen molar-refractivity contribution in [2.24, 2.45) is 5.73 Å². The molecule has 0 radical (unpaired) electrons. The third-order valence-electron chi connectivity index (χ3n) is 5.50. The molecule has 2 amide bonds. The van der Waals surface area contributed by atoms with Crippen LogP contribution in [0.4, 0.5) is 0 Å². The lowest BCUT2D eigenvalue weighted by atomic mass is 10.1. The predicted molar refractivity (Wildman–Crippen MR) is 141 cm³/mol. The van der Waals surface area contributed by atoms with Crippen molar-refractivity contribution in [3.8, 4) is 0 Å². The second-order valence-electron chi connectivity index (χ2n) is 8.35. The highest BCUT2D eigenvalue weighted by Gasteiger charge is 2.36. The van der Waals surface area contributed by atoms with E-state index in [0.717, 1.165) is 44.9 Å². The lowest BCUT2D eigenvalue weighted by Crippen LogP contribution is -2.43. The summed E-state index contributed by atoms with van der Waals surface area (Å²) in [6.45, 7) is 5.29. The van der Waals surface area contributed by atoms with Crippen molar-refractivity contribution in [1.82, 2.24) is 10.6 Å². The third-order valence-corrected chi connectivity index (χ3v) is 8.33. The van der Waals surface area contributed by atoms with Crippen LogP contribution in [-0.4, -0.2) is 101 Å². The van der Waals surface area contributed by atoms with Crippen molar-refractivity contribution in [2.75, 3.05) is 80.6 Å². The minimum Gasteiger partial charge on any atom is -0.379 e. The van der Waals surface area contributed by atoms with Gasteiger partial charge in [-0.25, -0.2) is 0 Å². The molecule has 0 aliphatic heterocycles. The van der Waals surface area contributed by atoms with Crippen molar-refractivity contribution in [1.29, 1.82) is 0 Å². The quantitative estimate of drug-likeness (QED) is 0.105. The molecule has 0 aromatic carbocycles. The zero-order chi connectivity index (χ0) is 26.7. The fourth-order valence-electron chi connectivity index (χ4n) is 3.32. The Bertz CT molecular complexity index is 519. The van der Waals surface area contributed by atoms with Crippen LogP contribution < -0.4 is 16.4 Å². The van der Waals surface area contributed by atoms with Crippen molar-refractivity contribution in [3.63, 3.8) is 0 Å². The molecular weight excluding hydrogens is 486 g/mol. The molecule has 12 heteroatoms. The molecule has 0 heterocycles. The van der Waals surface area contributed by atoms with Crippen molar-refractivity contribution in [2.45, 2.75) is 63.8 Å². The van der Waals surface area contributed by atoms with Gasteiger partial charge in [0.25, 0.3) is 0 Å². The van der Waals surface area contributed by atoms with Gasteiger partial charge >= 0.3 is 8.80 Å². The molecular formula is C24H51N3O8Si. The molecule has 0 saturated heterocycles. The van der Waals surface area contributed by atoms with E-state index in [4.69, 9.17) is 33.2 Å². The lowest BCUT2D eigenvalue weighted by molar-refractivity contribution is -0.122. The van der Waals surface area contributed by atoms with Crippen LogP contribution in [0.5, 0.6) is 0 Å². The Labute approximate surface area is 218 Å². The second-order valence-corrected chi connectivity index (χ2v) is 11.4. The van der Waals surface area contributed by atoms with Crippen molar-refractivity contribution < 1.29 is 37.1 Å². The zero-order valence-corrected chi connectivity index (χ0v) is 23.8. The Morgan fingerprint density at radius 3 is 1.53 bits per heavy atom. The van der Waals surface area contributed by atoms with Gasteiger partial charge in [-0.2, -0.15) is 0 Å². The number of unbranched alkanes of at least 4 members (excludes halogenated alkanes) is 3. The number of nitrogens with two attached hydrogens (primary N) is 1. The summed E-state index contributed by atoms with van der Waals surface area (Å²) in [5.74, 6) is 0.113. The number of hydrogen-bond acceptors (Lipinski definition) is 9. The van der Waals surface area contributed by atoms with Gasteiger partial charge in [-0.1, -0.05) is 12.8 Å². The van der Waals surface area contributed by atoms with E-state index in [1.165, 1.54) is 0 Å². The second kappa shape index (κ2) is 25.5. The minimum absolute atomic E-state index is 0.0494. The first kappa shape index (κ1) is 34.9. The van der Waals surface area contributed by atoms with Crippen LogP contribution in [0.3, 0.4) is 0 Å². The Balaban J connectivity index is 3.42. The highest BCUT2D eigenvalue weighted by molar-refractivity contribution is 6.60. The van der Waals surface area contributed by atoms with Gasteiger partial charge in [0.05, 0.1) is 26.4 Å². The lowest BCUT2D eigenvalue weighted by Gasteiger charge is -2.24. The third kappa shape index (κ3) is 21.0. The van der Waals surface area contributed by atoms with Crippen LogP contribution in [-0.2, 0) is 37.1 Å². The number of ether oxygens (including phenoxy) is 3. The summed E-state index contributed by atoms with van der Waals surface area (Å²) in [5, 5.41) is 5.84. The van der Waals surface area contributed by atoms with Gasteiger partial charge in [-0.3, -0.25) is 9.59 Å². The molecule has 0 aromatic heterocycles. The van der Waals surface area contributed by atoms with Crippen LogP contribution in [0.1, 0.15) is 57.8 Å². The molecule has 0 rings (SSSR count). The molecule has 0 saturated carbocycles. The minimum atomic E-state index is -2.57. The van der Waals surface area contributed by atoms with Gasteiger partial charge in [0, 0.05) is 66.5 Å². The van der Waals surface area contributed by atoms with Crippen LogP contribution >= 0.6 is 0 Å². The Hall–Kier alpha value is -1.12. The first-order valence-corrected chi connectivity index (χ1v) is 15.1. The molecule has 0 aromatic rings. The van der Waals surface area contributed by atoms with E-state index < -0.39 is 8.80 Å². The Morgan fingerprint density at radius 1 is 0.611 bits per heavy atom. The molecule has 0 fully saturated rings. The molecule has 0 bridgehead atoms. The number of hydrogen-bond donors (Lipinski definition) is 3. The molecule has 0 unspecified atom stereocenters. The van der Waals surface area contributed by atoms with E-state index in [1.807, 2.05) is 0 Å². The number of rotatable bonds is 27. The summed E-state index contributed by atoms with van der Waals surface area (Å²) in [6, 6.07) is 0.660. The van der Waals surface area contributed by atoms with Crippen LogP contribution in [0.25, 0.3) is 0 Å². The van der Waals surface area contributed by atoms with Gasteiger partial charge in [-0.15, -0.1) is 0 Å². The van der Waals surface area contributed by atoms with Crippen LogP contribution in [0, 0.1) is 0 Å². The Kier molecular flexibility index (Phi) is 24.7. The van der Waals surface area contributed by atoms with E-state index in [1.54, 1.807) is 21.3 Å². The van der Waals surface area contributed by atoms with Crippen LogP contribution in [0.2, 0.25) is 6.04 Å². The summed E-state index contributed by atoms with van der Waals surface area (Å²) in [5.41, 5.74) is 5.38. The Morgan fingerprint density at radius 2 is 1.06 bits per heavy atom. The number of carbonyl (C=O) groups is 2. The number of carbonyl (C=O) groups excluding carboxylic acids is 2. The molecule has 0 atom stereocenters. The monoisotopic (exact) mass is 537 g/mol. The largest absolute Gasteiger partial charge is 0.500 e. The summed E-state index contributed by atoms with van der Waals surface area (Å²) in [6.07, 6.45) is 6.92. The predicted octanol–water partition coefficient (Wildman–Crippen LogP) is 1.62. The average molecular weight is 538 g/mol. The molecule has 0 aliphatic carbocycles. The van der Waals surface area contributed by atoms with E-state index in [9.17, 15) is 9.59 Å². The smallest absolute Gasteiger partial charge is 0.379 e. The summed E-state index contributed by atoms with van der Waals surface area (Å²) in [4.78, 5) is 23.8. The molecule has 0 aliphatic rings. The first-order chi connectivity index (χ1) is 17.5. The summed E-state index contributed by atoms with van der Waals surface area (Å²) in [7, 11) is 2.19. The van der Waals surface area contributed by atoms with Gasteiger partial charge in [0.1, 0.15) is 0 Å². The SMILES string of the molecule is CO[Si](CCCNC(=O)CCCCCCC(=O)NCCCOCCOCCOCCCN)(OC)OC. The summed E-state index contributed by atoms with van der Waals surface area (Å²) < 4.78 is 32.3. The van der Waals surface area contributed by atoms with E-state index in [-0.39, 0.29) is 11.8 Å². The number of amides is 2.